The third kappa shape index (κ3) is 5.95. The number of hydrogen-bond donors (Lipinski definition) is 1. The zero-order valence-electron chi connectivity index (χ0n) is 18.5. The topological polar surface area (TPSA) is 80.5 Å². The fourth-order valence-corrected chi connectivity index (χ4v) is 4.66. The molecule has 7 nitrogen and oxygen atoms in total. The molecule has 1 amide bonds. The molecule has 170 valence electrons. The molecule has 1 fully saturated rings. The van der Waals surface area contributed by atoms with Crippen molar-refractivity contribution in [2.75, 3.05) is 26.2 Å². The van der Waals surface area contributed by atoms with Gasteiger partial charge in [0, 0.05) is 12.5 Å². The predicted molar refractivity (Wildman–Crippen MR) is 125 cm³/mol. The van der Waals surface area contributed by atoms with Gasteiger partial charge in [0.1, 0.15) is 5.75 Å². The van der Waals surface area contributed by atoms with Gasteiger partial charge in [-0.05, 0) is 68.8 Å². The molecule has 0 bridgehead atoms. The molecule has 0 aliphatic carbocycles. The summed E-state index contributed by atoms with van der Waals surface area (Å²) in [7, 11) is 0. The van der Waals surface area contributed by atoms with Gasteiger partial charge in [-0.2, -0.15) is 4.98 Å². The van der Waals surface area contributed by atoms with E-state index in [4.69, 9.17) is 9.26 Å². The first-order chi connectivity index (χ1) is 15.7. The van der Waals surface area contributed by atoms with Crippen molar-refractivity contribution < 1.29 is 14.1 Å². The summed E-state index contributed by atoms with van der Waals surface area (Å²) in [5, 5.41) is 9.19. The first-order valence-electron chi connectivity index (χ1n) is 11.3. The smallest absolute Gasteiger partial charge is 0.241 e. The summed E-state index contributed by atoms with van der Waals surface area (Å²) in [5.74, 6) is 2.46. The van der Waals surface area contributed by atoms with Gasteiger partial charge >= 0.3 is 0 Å². The number of amides is 1. The van der Waals surface area contributed by atoms with Crippen LogP contribution in [-0.4, -0.2) is 47.2 Å². The van der Waals surface area contributed by atoms with Crippen molar-refractivity contribution in [3.05, 3.63) is 53.2 Å². The van der Waals surface area contributed by atoms with E-state index in [1.165, 1.54) is 5.56 Å². The minimum Gasteiger partial charge on any atom is -0.494 e. The molecule has 0 spiro atoms. The Hall–Kier alpha value is -2.71. The highest BCUT2D eigenvalue weighted by Crippen LogP contribution is 2.23. The molecule has 2 aromatic heterocycles. The van der Waals surface area contributed by atoms with Crippen LogP contribution in [0.15, 0.2) is 46.3 Å². The molecule has 1 aliphatic rings. The fourth-order valence-electron chi connectivity index (χ4n) is 4.01. The number of thiophene rings is 1. The zero-order chi connectivity index (χ0) is 22.2. The van der Waals surface area contributed by atoms with Crippen molar-refractivity contribution in [2.45, 2.75) is 39.2 Å². The van der Waals surface area contributed by atoms with Crippen molar-refractivity contribution in [2.24, 2.45) is 5.92 Å². The van der Waals surface area contributed by atoms with Crippen LogP contribution >= 0.6 is 11.3 Å². The SMILES string of the molecule is CCOc1ccccc1CCCNC(=O)C1CCN(Cc2nc(-c3cccs3)no2)CC1. The zero-order valence-corrected chi connectivity index (χ0v) is 19.3. The second-order valence-electron chi connectivity index (χ2n) is 7.97. The minimum absolute atomic E-state index is 0.0753. The summed E-state index contributed by atoms with van der Waals surface area (Å²) in [5.41, 5.74) is 1.19. The number of rotatable bonds is 10. The van der Waals surface area contributed by atoms with E-state index in [9.17, 15) is 4.79 Å². The number of likely N-dealkylation sites (tertiary alicyclic amines) is 1. The summed E-state index contributed by atoms with van der Waals surface area (Å²) in [4.78, 5) is 20.4. The number of nitrogens with one attached hydrogen (secondary N) is 1. The number of nitrogens with zero attached hydrogens (tertiary/aromatic N) is 3. The normalized spacial score (nSPS) is 15.0. The number of ether oxygens (including phenoxy) is 1. The van der Waals surface area contributed by atoms with Crippen LogP contribution in [0.3, 0.4) is 0 Å². The molecular weight excluding hydrogens is 424 g/mol. The van der Waals surface area contributed by atoms with Crippen LogP contribution in [0.4, 0.5) is 0 Å². The number of aryl methyl sites for hydroxylation is 1. The lowest BCUT2D eigenvalue weighted by atomic mass is 9.96. The average Bonchev–Trinajstić information content (AvgIpc) is 3.50. The lowest BCUT2D eigenvalue weighted by Crippen LogP contribution is -2.40. The molecule has 32 heavy (non-hydrogen) atoms. The monoisotopic (exact) mass is 454 g/mol. The lowest BCUT2D eigenvalue weighted by Gasteiger charge is -2.30. The molecule has 3 heterocycles. The summed E-state index contributed by atoms with van der Waals surface area (Å²) < 4.78 is 11.1. The first kappa shape index (κ1) is 22.5. The van der Waals surface area contributed by atoms with Crippen molar-refractivity contribution in [1.82, 2.24) is 20.4 Å². The van der Waals surface area contributed by atoms with Crippen molar-refractivity contribution in [3.63, 3.8) is 0 Å². The Bertz CT molecular complexity index is 981. The van der Waals surface area contributed by atoms with Gasteiger partial charge in [-0.1, -0.05) is 29.4 Å². The van der Waals surface area contributed by atoms with Crippen LogP contribution < -0.4 is 10.1 Å². The number of carbonyl (C=O) groups excluding carboxylic acids is 1. The average molecular weight is 455 g/mol. The highest BCUT2D eigenvalue weighted by Gasteiger charge is 2.25. The van der Waals surface area contributed by atoms with Crippen LogP contribution in [0.5, 0.6) is 5.75 Å². The van der Waals surface area contributed by atoms with Gasteiger partial charge in [0.25, 0.3) is 0 Å². The molecule has 1 aliphatic heterocycles. The molecule has 1 aromatic carbocycles. The molecule has 0 unspecified atom stereocenters. The number of para-hydroxylation sites is 1. The summed E-state index contributed by atoms with van der Waals surface area (Å²) >= 11 is 1.60. The molecule has 0 radical (unpaired) electrons. The molecule has 4 rings (SSSR count). The van der Waals surface area contributed by atoms with Crippen LogP contribution in [0.25, 0.3) is 10.7 Å². The second kappa shape index (κ2) is 11.2. The first-order valence-corrected chi connectivity index (χ1v) is 12.2. The Morgan fingerprint density at radius 3 is 2.88 bits per heavy atom. The van der Waals surface area contributed by atoms with Crippen LogP contribution in [0.1, 0.15) is 37.6 Å². The largest absolute Gasteiger partial charge is 0.494 e. The molecule has 1 saturated heterocycles. The molecule has 3 aromatic rings. The Kier molecular flexibility index (Phi) is 7.90. The van der Waals surface area contributed by atoms with Gasteiger partial charge in [-0.3, -0.25) is 9.69 Å². The van der Waals surface area contributed by atoms with Gasteiger partial charge < -0.3 is 14.6 Å². The van der Waals surface area contributed by atoms with Crippen molar-refractivity contribution in [3.8, 4) is 16.5 Å². The Balaban J connectivity index is 1.16. The van der Waals surface area contributed by atoms with Gasteiger partial charge in [-0.15, -0.1) is 11.3 Å². The maximum Gasteiger partial charge on any atom is 0.241 e. The third-order valence-corrected chi connectivity index (χ3v) is 6.59. The van der Waals surface area contributed by atoms with E-state index in [1.807, 2.05) is 42.6 Å². The maximum atomic E-state index is 12.6. The van der Waals surface area contributed by atoms with E-state index in [1.54, 1.807) is 11.3 Å². The number of carbonyl (C=O) groups is 1. The lowest BCUT2D eigenvalue weighted by molar-refractivity contribution is -0.126. The van der Waals surface area contributed by atoms with Crippen LogP contribution in [0.2, 0.25) is 0 Å². The van der Waals surface area contributed by atoms with E-state index in [2.05, 4.69) is 26.4 Å². The molecule has 1 N–H and O–H groups in total. The van der Waals surface area contributed by atoms with E-state index in [0.717, 1.165) is 49.4 Å². The Labute approximate surface area is 192 Å². The highest BCUT2D eigenvalue weighted by molar-refractivity contribution is 7.13. The quantitative estimate of drug-likeness (QED) is 0.464. The van der Waals surface area contributed by atoms with E-state index in [0.29, 0.717) is 31.4 Å². The molecule has 8 heteroatoms. The maximum absolute atomic E-state index is 12.6. The standard InChI is InChI=1S/C24H30N4O3S/c1-2-30-20-9-4-3-7-18(20)8-5-13-25-24(29)19-11-14-28(15-12-19)17-22-26-23(27-31-22)21-10-6-16-32-21/h3-4,6-7,9-10,16,19H,2,5,8,11-15,17H2,1H3,(H,25,29). The van der Waals surface area contributed by atoms with Crippen LogP contribution in [0, 0.1) is 5.92 Å². The molecular formula is C24H30N4O3S. The summed E-state index contributed by atoms with van der Waals surface area (Å²) in [6.45, 7) is 5.69. The van der Waals surface area contributed by atoms with Gasteiger partial charge in [-0.25, -0.2) is 0 Å². The number of hydrogen-bond acceptors (Lipinski definition) is 7. The van der Waals surface area contributed by atoms with Gasteiger partial charge in [0.15, 0.2) is 0 Å². The second-order valence-corrected chi connectivity index (χ2v) is 8.92. The minimum atomic E-state index is 0.0753. The molecule has 0 atom stereocenters. The van der Waals surface area contributed by atoms with Crippen LogP contribution in [-0.2, 0) is 17.8 Å². The predicted octanol–water partition coefficient (Wildman–Crippen LogP) is 4.16. The van der Waals surface area contributed by atoms with E-state index < -0.39 is 0 Å². The van der Waals surface area contributed by atoms with E-state index in [-0.39, 0.29) is 11.8 Å². The third-order valence-electron chi connectivity index (χ3n) is 5.72. The summed E-state index contributed by atoms with van der Waals surface area (Å²) in [6, 6.07) is 12.1. The molecule has 0 saturated carbocycles. The van der Waals surface area contributed by atoms with E-state index >= 15 is 0 Å². The Morgan fingerprint density at radius 1 is 1.25 bits per heavy atom. The fraction of sp³-hybridized carbons (Fsp3) is 0.458. The summed E-state index contributed by atoms with van der Waals surface area (Å²) in [6.07, 6.45) is 3.50. The highest BCUT2D eigenvalue weighted by atomic mass is 32.1. The van der Waals surface area contributed by atoms with Crippen molar-refractivity contribution in [1.29, 1.82) is 0 Å². The number of piperidine rings is 1. The Morgan fingerprint density at radius 2 is 2.09 bits per heavy atom. The number of benzene rings is 1. The van der Waals surface area contributed by atoms with Gasteiger partial charge in [0.05, 0.1) is 18.0 Å². The number of aromatic nitrogens is 2. The van der Waals surface area contributed by atoms with Crippen molar-refractivity contribution >= 4 is 17.2 Å². The van der Waals surface area contributed by atoms with Gasteiger partial charge in [0.2, 0.25) is 17.6 Å².